The summed E-state index contributed by atoms with van der Waals surface area (Å²) in [6.45, 7) is 8.84. The van der Waals surface area contributed by atoms with Crippen LogP contribution in [0.2, 0.25) is 0 Å². The van der Waals surface area contributed by atoms with E-state index in [0.29, 0.717) is 28.0 Å². The summed E-state index contributed by atoms with van der Waals surface area (Å²) in [6.07, 6.45) is -3.28. The van der Waals surface area contributed by atoms with Gasteiger partial charge in [-0.3, -0.25) is 4.98 Å². The van der Waals surface area contributed by atoms with Gasteiger partial charge in [-0.2, -0.15) is 13.2 Å². The fourth-order valence-electron chi connectivity index (χ4n) is 4.83. The van der Waals surface area contributed by atoms with Crippen molar-refractivity contribution in [3.05, 3.63) is 89.9 Å². The zero-order valence-corrected chi connectivity index (χ0v) is 22.0. The van der Waals surface area contributed by atoms with Gasteiger partial charge in [0.05, 0.1) is 22.7 Å². The maximum atomic E-state index is 14.8. The third-order valence-corrected chi connectivity index (χ3v) is 7.11. The molecule has 0 amide bonds. The molecule has 196 valence electrons. The summed E-state index contributed by atoms with van der Waals surface area (Å²) in [5.41, 5.74) is 1.96. The Morgan fingerprint density at radius 2 is 1.47 bits per heavy atom. The SMILES string of the molecule is CC(C)(C)c1cc(-c2ncc(F)c3oc(-c4ccc(CC(C)(C)C(F)(F)F)cc4)cc23)cc2ccccc12. The molecule has 6 heteroatoms. The molecular weight excluding hydrogens is 490 g/mol. The van der Waals surface area contributed by atoms with Crippen molar-refractivity contribution in [1.82, 2.24) is 4.98 Å². The zero-order chi connectivity index (χ0) is 27.5. The minimum atomic E-state index is -4.30. The molecule has 2 heterocycles. The summed E-state index contributed by atoms with van der Waals surface area (Å²) >= 11 is 0. The smallest absolute Gasteiger partial charge is 0.394 e. The van der Waals surface area contributed by atoms with Gasteiger partial charge in [0.1, 0.15) is 5.76 Å². The standard InChI is InChI=1S/C32H29F4NO/c1-30(2,3)25-15-22(14-21-8-6-7-9-23(21)25)28-24-16-27(38-29(24)26(33)18-37-28)20-12-10-19(11-13-20)17-31(4,5)32(34,35)36/h6-16,18H,17H2,1-5H3. The number of halogens is 4. The Morgan fingerprint density at radius 1 is 0.789 bits per heavy atom. The van der Waals surface area contributed by atoms with Crippen molar-refractivity contribution in [2.45, 2.75) is 52.6 Å². The molecule has 38 heavy (non-hydrogen) atoms. The average Bonchev–Trinajstić information content (AvgIpc) is 3.29. The number of alkyl halides is 3. The van der Waals surface area contributed by atoms with Gasteiger partial charge in [-0.05, 0) is 51.9 Å². The predicted molar refractivity (Wildman–Crippen MR) is 145 cm³/mol. The first-order chi connectivity index (χ1) is 17.7. The van der Waals surface area contributed by atoms with Crippen LogP contribution in [0.5, 0.6) is 0 Å². The molecular formula is C32H29F4NO. The molecule has 5 aromatic rings. The lowest BCUT2D eigenvalue weighted by Crippen LogP contribution is -2.34. The second kappa shape index (κ2) is 8.97. The summed E-state index contributed by atoms with van der Waals surface area (Å²) in [5.74, 6) is -0.151. The quantitative estimate of drug-likeness (QED) is 0.221. The van der Waals surface area contributed by atoms with Crippen molar-refractivity contribution in [3.63, 3.8) is 0 Å². The highest BCUT2D eigenvalue weighted by Gasteiger charge is 2.46. The molecule has 0 aliphatic carbocycles. The van der Waals surface area contributed by atoms with Gasteiger partial charge >= 0.3 is 6.18 Å². The van der Waals surface area contributed by atoms with Crippen molar-refractivity contribution >= 4 is 21.7 Å². The monoisotopic (exact) mass is 519 g/mol. The van der Waals surface area contributed by atoms with E-state index in [1.165, 1.54) is 20.0 Å². The molecule has 0 fully saturated rings. The summed E-state index contributed by atoms with van der Waals surface area (Å²) in [5, 5.41) is 2.76. The number of aromatic nitrogens is 1. The summed E-state index contributed by atoms with van der Waals surface area (Å²) in [7, 11) is 0. The van der Waals surface area contributed by atoms with Crippen molar-refractivity contribution in [3.8, 4) is 22.6 Å². The van der Waals surface area contributed by atoms with Crippen molar-refractivity contribution < 1.29 is 22.0 Å². The van der Waals surface area contributed by atoms with Gasteiger partial charge in [0.25, 0.3) is 0 Å². The van der Waals surface area contributed by atoms with Crippen LogP contribution >= 0.6 is 0 Å². The predicted octanol–water partition coefficient (Wildman–Crippen LogP) is 9.88. The zero-order valence-electron chi connectivity index (χ0n) is 22.0. The number of pyridine rings is 1. The van der Waals surface area contributed by atoms with Gasteiger partial charge in [0, 0.05) is 11.1 Å². The van der Waals surface area contributed by atoms with Crippen LogP contribution < -0.4 is 0 Å². The van der Waals surface area contributed by atoms with Crippen LogP contribution in [0.1, 0.15) is 45.7 Å². The number of fused-ring (bicyclic) bond motifs is 2. The first-order valence-corrected chi connectivity index (χ1v) is 12.5. The molecule has 0 unspecified atom stereocenters. The minimum Gasteiger partial charge on any atom is -0.453 e. The van der Waals surface area contributed by atoms with E-state index in [-0.39, 0.29) is 17.4 Å². The Balaban J connectivity index is 1.59. The molecule has 0 spiro atoms. The number of hydrogen-bond donors (Lipinski definition) is 0. The molecule has 0 atom stereocenters. The molecule has 3 aromatic carbocycles. The molecule has 5 rings (SSSR count). The molecule has 0 N–H and O–H groups in total. The molecule has 2 aromatic heterocycles. The number of hydrogen-bond acceptors (Lipinski definition) is 2. The van der Waals surface area contributed by atoms with E-state index in [2.05, 4.69) is 44.0 Å². The van der Waals surface area contributed by atoms with Crippen molar-refractivity contribution in [2.24, 2.45) is 5.41 Å². The largest absolute Gasteiger partial charge is 0.453 e. The van der Waals surface area contributed by atoms with E-state index in [1.807, 2.05) is 18.2 Å². The second-order valence-corrected chi connectivity index (χ2v) is 11.6. The molecule has 0 aliphatic rings. The number of nitrogens with zero attached hydrogens (tertiary/aromatic N) is 1. The van der Waals surface area contributed by atoms with E-state index >= 15 is 0 Å². The first kappa shape index (κ1) is 26.0. The highest BCUT2D eigenvalue weighted by molar-refractivity contribution is 5.98. The minimum absolute atomic E-state index is 0.0951. The van der Waals surface area contributed by atoms with Crippen LogP contribution in [0, 0.1) is 11.2 Å². The second-order valence-electron chi connectivity index (χ2n) is 11.6. The van der Waals surface area contributed by atoms with E-state index in [4.69, 9.17) is 4.42 Å². The van der Waals surface area contributed by atoms with E-state index in [1.54, 1.807) is 30.3 Å². The third kappa shape index (κ3) is 4.68. The molecule has 0 saturated heterocycles. The third-order valence-electron chi connectivity index (χ3n) is 7.11. The van der Waals surface area contributed by atoms with Crippen molar-refractivity contribution in [2.75, 3.05) is 0 Å². The number of benzene rings is 3. The van der Waals surface area contributed by atoms with Gasteiger partial charge in [-0.1, -0.05) is 83.1 Å². The lowest BCUT2D eigenvalue weighted by Gasteiger charge is -2.27. The Hall–Kier alpha value is -3.67. The fourth-order valence-corrected chi connectivity index (χ4v) is 4.83. The molecule has 0 bridgehead atoms. The first-order valence-electron chi connectivity index (χ1n) is 12.5. The summed E-state index contributed by atoms with van der Waals surface area (Å²) in [4.78, 5) is 4.45. The van der Waals surface area contributed by atoms with Crippen LogP contribution in [-0.4, -0.2) is 11.2 Å². The van der Waals surface area contributed by atoms with Crippen LogP contribution in [0.15, 0.2) is 77.3 Å². The molecule has 0 aliphatic heterocycles. The number of furan rings is 1. The van der Waals surface area contributed by atoms with Crippen LogP contribution in [0.4, 0.5) is 17.6 Å². The summed E-state index contributed by atoms with van der Waals surface area (Å²) in [6, 6.07) is 20.8. The molecule has 0 radical (unpaired) electrons. The van der Waals surface area contributed by atoms with Gasteiger partial charge < -0.3 is 4.42 Å². The van der Waals surface area contributed by atoms with Crippen LogP contribution in [0.25, 0.3) is 44.3 Å². The normalized spacial score (nSPS) is 13.0. The lowest BCUT2D eigenvalue weighted by molar-refractivity contribution is -0.211. The Kier molecular flexibility index (Phi) is 6.13. The van der Waals surface area contributed by atoms with E-state index in [0.717, 1.165) is 21.9 Å². The number of rotatable bonds is 4. The molecule has 0 saturated carbocycles. The highest BCUT2D eigenvalue weighted by atomic mass is 19.4. The van der Waals surface area contributed by atoms with Crippen LogP contribution in [0.3, 0.4) is 0 Å². The lowest BCUT2D eigenvalue weighted by atomic mass is 9.82. The Bertz CT molecular complexity index is 1640. The van der Waals surface area contributed by atoms with Crippen molar-refractivity contribution in [1.29, 1.82) is 0 Å². The van der Waals surface area contributed by atoms with Gasteiger partial charge in [-0.25, -0.2) is 4.39 Å². The van der Waals surface area contributed by atoms with E-state index in [9.17, 15) is 17.6 Å². The Morgan fingerprint density at radius 3 is 2.13 bits per heavy atom. The topological polar surface area (TPSA) is 26.0 Å². The van der Waals surface area contributed by atoms with Gasteiger partial charge in [0.2, 0.25) is 0 Å². The maximum absolute atomic E-state index is 14.8. The fraction of sp³-hybridized carbons (Fsp3) is 0.281. The Labute approximate surface area is 219 Å². The van der Waals surface area contributed by atoms with Gasteiger partial charge in [0.15, 0.2) is 11.4 Å². The van der Waals surface area contributed by atoms with Gasteiger partial charge in [-0.15, -0.1) is 0 Å². The highest BCUT2D eigenvalue weighted by Crippen LogP contribution is 2.41. The maximum Gasteiger partial charge on any atom is 0.394 e. The molecule has 2 nitrogen and oxygen atoms in total. The summed E-state index contributed by atoms with van der Waals surface area (Å²) < 4.78 is 60.7. The van der Waals surface area contributed by atoms with Crippen LogP contribution in [-0.2, 0) is 11.8 Å². The van der Waals surface area contributed by atoms with E-state index < -0.39 is 17.4 Å². The average molecular weight is 520 g/mol.